The third kappa shape index (κ3) is 5.21. The Morgan fingerprint density at radius 1 is 1.03 bits per heavy atom. The number of para-hydroxylation sites is 1. The number of aromatic nitrogens is 2. The van der Waals surface area contributed by atoms with Gasteiger partial charge in [0, 0.05) is 38.3 Å². The molecule has 164 valence electrons. The first-order chi connectivity index (χ1) is 15.1. The Bertz CT molecular complexity index is 912. The predicted molar refractivity (Wildman–Crippen MR) is 117 cm³/mol. The number of carbonyl (C=O) groups excluding carboxylic acids is 2. The summed E-state index contributed by atoms with van der Waals surface area (Å²) < 4.78 is 5.62. The van der Waals surface area contributed by atoms with Crippen LogP contribution in [0.1, 0.15) is 59.9 Å². The van der Waals surface area contributed by atoms with Crippen molar-refractivity contribution in [3.63, 3.8) is 0 Å². The summed E-state index contributed by atoms with van der Waals surface area (Å²) in [5.74, 6) is 1.49. The van der Waals surface area contributed by atoms with E-state index in [1.54, 1.807) is 6.20 Å². The van der Waals surface area contributed by atoms with E-state index in [0.29, 0.717) is 23.7 Å². The smallest absolute Gasteiger partial charge is 0.260 e. The lowest BCUT2D eigenvalue weighted by atomic mass is 9.96. The molecule has 2 aliphatic rings. The van der Waals surface area contributed by atoms with Gasteiger partial charge in [-0.2, -0.15) is 0 Å². The number of rotatable bonds is 5. The maximum absolute atomic E-state index is 12.8. The number of nitrogens with zero attached hydrogens (tertiary/aromatic N) is 4. The van der Waals surface area contributed by atoms with Crippen LogP contribution in [0.2, 0.25) is 0 Å². The molecule has 2 amide bonds. The minimum atomic E-state index is -0.0258. The molecule has 2 saturated heterocycles. The molecule has 7 nitrogen and oxygen atoms in total. The van der Waals surface area contributed by atoms with Crippen molar-refractivity contribution in [2.24, 2.45) is 0 Å². The van der Waals surface area contributed by atoms with Crippen LogP contribution in [0.3, 0.4) is 0 Å². The predicted octanol–water partition coefficient (Wildman–Crippen LogP) is 3.20. The first-order valence-electron chi connectivity index (χ1n) is 11.2. The summed E-state index contributed by atoms with van der Waals surface area (Å²) in [4.78, 5) is 38.4. The molecule has 31 heavy (non-hydrogen) atoms. The molecular formula is C24H30N4O3. The number of likely N-dealkylation sites (tertiary alicyclic amines) is 2. The van der Waals surface area contributed by atoms with Crippen LogP contribution >= 0.6 is 0 Å². The highest BCUT2D eigenvalue weighted by Gasteiger charge is 2.28. The molecule has 2 aromatic rings. The molecule has 1 aromatic carbocycles. The molecule has 0 saturated carbocycles. The lowest BCUT2D eigenvalue weighted by molar-refractivity contribution is -0.134. The zero-order valence-corrected chi connectivity index (χ0v) is 18.1. The quantitative estimate of drug-likeness (QED) is 0.740. The van der Waals surface area contributed by atoms with Gasteiger partial charge in [-0.3, -0.25) is 9.59 Å². The monoisotopic (exact) mass is 422 g/mol. The van der Waals surface area contributed by atoms with Crippen LogP contribution in [0, 0.1) is 6.92 Å². The number of hydrogen-bond acceptors (Lipinski definition) is 5. The SMILES string of the molecule is Cc1nc([C@@H]2CCCN(C(=O)COc3ccccc3)C2)ncc1C(=O)N1CCCCC1. The van der Waals surface area contributed by atoms with Gasteiger partial charge in [0.25, 0.3) is 11.8 Å². The molecule has 1 atom stereocenters. The second-order valence-corrected chi connectivity index (χ2v) is 8.36. The molecule has 3 heterocycles. The van der Waals surface area contributed by atoms with Gasteiger partial charge in [0.2, 0.25) is 0 Å². The maximum Gasteiger partial charge on any atom is 0.260 e. The Morgan fingerprint density at radius 3 is 2.52 bits per heavy atom. The van der Waals surface area contributed by atoms with Crippen molar-refractivity contribution in [2.45, 2.75) is 44.9 Å². The maximum atomic E-state index is 12.8. The molecule has 0 N–H and O–H groups in total. The van der Waals surface area contributed by atoms with Crippen LogP contribution in [0.5, 0.6) is 5.75 Å². The number of piperidine rings is 2. The van der Waals surface area contributed by atoms with E-state index in [1.807, 2.05) is 47.1 Å². The fraction of sp³-hybridized carbons (Fsp3) is 0.500. The first-order valence-corrected chi connectivity index (χ1v) is 11.2. The van der Waals surface area contributed by atoms with Crippen molar-refractivity contribution in [2.75, 3.05) is 32.8 Å². The molecule has 0 spiro atoms. The molecule has 4 rings (SSSR count). The summed E-state index contributed by atoms with van der Waals surface area (Å²) >= 11 is 0. The summed E-state index contributed by atoms with van der Waals surface area (Å²) in [5, 5.41) is 0. The van der Waals surface area contributed by atoms with Gasteiger partial charge < -0.3 is 14.5 Å². The average molecular weight is 423 g/mol. The van der Waals surface area contributed by atoms with Gasteiger partial charge in [0.15, 0.2) is 6.61 Å². The van der Waals surface area contributed by atoms with Gasteiger partial charge in [-0.05, 0) is 51.2 Å². The third-order valence-corrected chi connectivity index (χ3v) is 6.12. The molecular weight excluding hydrogens is 392 g/mol. The van der Waals surface area contributed by atoms with Gasteiger partial charge in [0.1, 0.15) is 11.6 Å². The first kappa shape index (κ1) is 21.3. The molecule has 1 aromatic heterocycles. The minimum absolute atomic E-state index is 0.0258. The van der Waals surface area contributed by atoms with Crippen molar-refractivity contribution < 1.29 is 14.3 Å². The summed E-state index contributed by atoms with van der Waals surface area (Å²) in [7, 11) is 0. The second-order valence-electron chi connectivity index (χ2n) is 8.36. The van der Waals surface area contributed by atoms with Crippen LogP contribution in [-0.2, 0) is 4.79 Å². The van der Waals surface area contributed by atoms with E-state index in [0.717, 1.165) is 51.0 Å². The topological polar surface area (TPSA) is 75.6 Å². The van der Waals surface area contributed by atoms with Crippen LogP contribution in [-0.4, -0.2) is 64.4 Å². The Morgan fingerprint density at radius 2 is 1.77 bits per heavy atom. The van der Waals surface area contributed by atoms with Gasteiger partial charge in [-0.25, -0.2) is 9.97 Å². The van der Waals surface area contributed by atoms with E-state index < -0.39 is 0 Å². The largest absolute Gasteiger partial charge is 0.484 e. The third-order valence-electron chi connectivity index (χ3n) is 6.12. The molecule has 0 unspecified atom stereocenters. The van der Waals surface area contributed by atoms with Gasteiger partial charge in [-0.15, -0.1) is 0 Å². The van der Waals surface area contributed by atoms with Crippen LogP contribution in [0.15, 0.2) is 36.5 Å². The highest BCUT2D eigenvalue weighted by atomic mass is 16.5. The lowest BCUT2D eigenvalue weighted by Gasteiger charge is -2.32. The van der Waals surface area contributed by atoms with Gasteiger partial charge >= 0.3 is 0 Å². The second kappa shape index (κ2) is 9.90. The average Bonchev–Trinajstić information content (AvgIpc) is 2.83. The number of aryl methyl sites for hydroxylation is 1. The van der Waals surface area contributed by atoms with E-state index in [-0.39, 0.29) is 24.3 Å². The Labute approximate surface area is 183 Å². The van der Waals surface area contributed by atoms with Crippen LogP contribution in [0.25, 0.3) is 0 Å². The van der Waals surface area contributed by atoms with E-state index in [9.17, 15) is 9.59 Å². The van der Waals surface area contributed by atoms with Crippen LogP contribution < -0.4 is 4.74 Å². The lowest BCUT2D eigenvalue weighted by Crippen LogP contribution is -2.42. The zero-order chi connectivity index (χ0) is 21.6. The van der Waals surface area contributed by atoms with Gasteiger partial charge in [0.05, 0.1) is 11.3 Å². The zero-order valence-electron chi connectivity index (χ0n) is 18.1. The summed E-state index contributed by atoms with van der Waals surface area (Å²) in [5.41, 5.74) is 1.31. The van der Waals surface area contributed by atoms with E-state index in [2.05, 4.69) is 9.97 Å². The Kier molecular flexibility index (Phi) is 6.79. The van der Waals surface area contributed by atoms with E-state index >= 15 is 0 Å². The molecule has 0 aliphatic carbocycles. The molecule has 2 aliphatic heterocycles. The summed E-state index contributed by atoms with van der Waals surface area (Å²) in [6.45, 7) is 4.82. The summed E-state index contributed by atoms with van der Waals surface area (Å²) in [6, 6.07) is 9.37. The number of carbonyl (C=O) groups is 2. The number of ether oxygens (including phenoxy) is 1. The van der Waals surface area contributed by atoms with Crippen molar-refractivity contribution in [1.82, 2.24) is 19.8 Å². The summed E-state index contributed by atoms with van der Waals surface area (Å²) in [6.07, 6.45) is 6.81. The number of amides is 2. The fourth-order valence-electron chi connectivity index (χ4n) is 4.33. The Balaban J connectivity index is 1.38. The highest BCUT2D eigenvalue weighted by molar-refractivity contribution is 5.95. The standard InChI is InChI=1S/C24H30N4O3/c1-18-21(24(30)27-12-6-3-7-13-27)15-25-23(26-18)19-9-8-14-28(16-19)22(29)17-31-20-10-4-2-5-11-20/h2,4-5,10-11,15,19H,3,6-9,12-14,16-17H2,1H3/t19-/m1/s1. The van der Waals surface area contributed by atoms with Crippen molar-refractivity contribution in [1.29, 1.82) is 0 Å². The van der Waals surface area contributed by atoms with Crippen molar-refractivity contribution in [3.8, 4) is 5.75 Å². The number of benzene rings is 1. The Hall–Kier alpha value is -2.96. The molecule has 7 heteroatoms. The molecule has 0 bridgehead atoms. The fourth-order valence-corrected chi connectivity index (χ4v) is 4.33. The van der Waals surface area contributed by atoms with Gasteiger partial charge in [-0.1, -0.05) is 18.2 Å². The molecule has 2 fully saturated rings. The van der Waals surface area contributed by atoms with E-state index in [4.69, 9.17) is 4.74 Å². The highest BCUT2D eigenvalue weighted by Crippen LogP contribution is 2.25. The van der Waals surface area contributed by atoms with E-state index in [1.165, 1.54) is 6.42 Å². The molecule has 0 radical (unpaired) electrons. The minimum Gasteiger partial charge on any atom is -0.484 e. The van der Waals surface area contributed by atoms with Crippen molar-refractivity contribution in [3.05, 3.63) is 53.6 Å². The van der Waals surface area contributed by atoms with Crippen molar-refractivity contribution >= 4 is 11.8 Å². The van der Waals surface area contributed by atoms with Crippen LogP contribution in [0.4, 0.5) is 0 Å². The normalized spacial score (nSPS) is 19.2. The number of hydrogen-bond donors (Lipinski definition) is 0.